The number of carbonyl (C=O) groups excluding carboxylic acids is 2. The number of aryl methyl sites for hydroxylation is 6. The van der Waals surface area contributed by atoms with Crippen LogP contribution in [-0.2, 0) is 9.59 Å². The Bertz CT molecular complexity index is 1080. The Balaban J connectivity index is 1.91. The van der Waals surface area contributed by atoms with E-state index in [1.807, 2.05) is 0 Å². The van der Waals surface area contributed by atoms with Gasteiger partial charge in [-0.15, -0.1) is 0 Å². The van der Waals surface area contributed by atoms with E-state index in [2.05, 4.69) is 78.0 Å². The molecule has 31 heavy (non-hydrogen) atoms. The molecular weight excluding hydrogens is 396 g/mol. The zero-order valence-electron chi connectivity index (χ0n) is 19.2. The summed E-state index contributed by atoms with van der Waals surface area (Å²) in [5.74, 6) is -0.134. The molecule has 4 atom stereocenters. The second kappa shape index (κ2) is 6.74. The Labute approximate surface area is 186 Å². The lowest BCUT2D eigenvalue weighted by Crippen LogP contribution is -2.64. The first-order valence-electron chi connectivity index (χ1n) is 11.3. The summed E-state index contributed by atoms with van der Waals surface area (Å²) in [5.41, 5.74) is 8.05. The first-order valence-corrected chi connectivity index (χ1v) is 13.4. The van der Waals surface area contributed by atoms with Gasteiger partial charge in [-0.25, -0.2) is 0 Å². The van der Waals surface area contributed by atoms with Gasteiger partial charge < -0.3 is 0 Å². The fourth-order valence-electron chi connectivity index (χ4n) is 7.57. The number of benzene rings is 2. The Kier molecular flexibility index (Phi) is 4.43. The van der Waals surface area contributed by atoms with E-state index in [9.17, 15) is 9.59 Å². The normalized spacial score (nSPS) is 27.8. The monoisotopic (exact) mass is 426 g/mol. The van der Waals surface area contributed by atoms with E-state index in [0.717, 1.165) is 0 Å². The lowest BCUT2D eigenvalue weighted by molar-refractivity contribution is -0.128. The van der Waals surface area contributed by atoms with Gasteiger partial charge in [0.25, 0.3) is 0 Å². The third-order valence-electron chi connectivity index (χ3n) is 7.99. The van der Waals surface area contributed by atoms with E-state index in [4.69, 9.17) is 0 Å². The minimum Gasteiger partial charge on any atom is -0.295 e. The second-order valence-corrected chi connectivity index (χ2v) is 14.1. The molecule has 1 saturated heterocycles. The molecule has 3 heteroatoms. The van der Waals surface area contributed by atoms with Crippen LogP contribution in [0.15, 0.2) is 48.6 Å². The van der Waals surface area contributed by atoms with Gasteiger partial charge in [0.2, 0.25) is 0 Å². The molecule has 0 aromatic heterocycles. The summed E-state index contributed by atoms with van der Waals surface area (Å²) in [5, 5.41) is 2.89. The lowest BCUT2D eigenvalue weighted by Gasteiger charge is -2.39. The number of rotatable bonds is 2. The van der Waals surface area contributed by atoms with E-state index >= 15 is 0 Å². The molecule has 5 rings (SSSR count). The number of carbonyl (C=O) groups is 2. The molecule has 0 saturated carbocycles. The third kappa shape index (κ3) is 2.56. The summed E-state index contributed by atoms with van der Waals surface area (Å²) in [6.45, 7) is 13.2. The molecule has 1 aliphatic carbocycles. The van der Waals surface area contributed by atoms with Gasteiger partial charge in [0.05, 0.1) is 0 Å². The van der Waals surface area contributed by atoms with Crippen molar-refractivity contribution in [1.82, 2.24) is 0 Å². The van der Waals surface area contributed by atoms with Gasteiger partial charge in [-0.1, -0.05) is 69.8 Å². The fraction of sp³-hybridized carbons (Fsp3) is 0.357. The molecule has 0 N–H and O–H groups in total. The van der Waals surface area contributed by atoms with E-state index in [1.54, 1.807) is 12.2 Å². The van der Waals surface area contributed by atoms with Crippen LogP contribution in [0.25, 0.3) is 0 Å². The molecule has 0 amide bonds. The molecule has 0 radical (unpaired) electrons. The van der Waals surface area contributed by atoms with Gasteiger partial charge in [0.15, 0.2) is 11.6 Å². The number of hydrogen-bond donors (Lipinski definition) is 0. The van der Waals surface area contributed by atoms with Crippen molar-refractivity contribution in [1.29, 1.82) is 0 Å². The Hall–Kier alpha value is -2.52. The van der Waals surface area contributed by atoms with Crippen LogP contribution in [0, 0.1) is 53.4 Å². The summed E-state index contributed by atoms with van der Waals surface area (Å²) in [6.07, 6.45) is 7.70. The van der Waals surface area contributed by atoms with Crippen LogP contribution < -0.4 is 10.4 Å². The number of hydrogen-bond acceptors (Lipinski definition) is 2. The van der Waals surface area contributed by atoms with Crippen LogP contribution in [0.1, 0.15) is 33.4 Å². The van der Waals surface area contributed by atoms with Crippen molar-refractivity contribution in [2.24, 2.45) is 11.8 Å². The minimum absolute atomic E-state index is 0.129. The summed E-state index contributed by atoms with van der Waals surface area (Å²) < 4.78 is 0. The summed E-state index contributed by atoms with van der Waals surface area (Å²) in [7, 11) is -2.51. The molecule has 2 aliphatic heterocycles. The van der Waals surface area contributed by atoms with Crippen LogP contribution in [0.3, 0.4) is 0 Å². The first-order chi connectivity index (χ1) is 14.7. The standard InChI is InChI=1S/C28H30O2Si/c1-15-11-17(3)27(18(4)12-15)31(28-19(5)13-16(2)14-20(28)6)23-9-10-24(31)26-22(30)8-7-21(29)25(23)26/h7-14,23-26H,1-6H3/t23-,24+,25+,26-. The average Bonchev–Trinajstić information content (AvgIpc) is 3.15. The maximum absolute atomic E-state index is 13.2. The summed E-state index contributed by atoms with van der Waals surface area (Å²) >= 11 is 0. The predicted octanol–water partition coefficient (Wildman–Crippen LogP) is 4.36. The number of allylic oxidation sites excluding steroid dienone is 4. The largest absolute Gasteiger partial charge is 0.295 e. The first kappa shape index (κ1) is 20.4. The van der Waals surface area contributed by atoms with Crippen molar-refractivity contribution in [2.45, 2.75) is 52.6 Å². The van der Waals surface area contributed by atoms with Crippen molar-refractivity contribution in [3.63, 3.8) is 0 Å². The smallest absolute Gasteiger partial charge is 0.159 e. The van der Waals surface area contributed by atoms with Gasteiger partial charge in [0, 0.05) is 11.8 Å². The van der Waals surface area contributed by atoms with Crippen molar-refractivity contribution < 1.29 is 9.59 Å². The third-order valence-corrected chi connectivity index (χ3v) is 14.4. The quantitative estimate of drug-likeness (QED) is 0.528. The maximum Gasteiger partial charge on any atom is 0.159 e. The highest BCUT2D eigenvalue weighted by atomic mass is 28.3. The van der Waals surface area contributed by atoms with E-state index < -0.39 is 8.07 Å². The van der Waals surface area contributed by atoms with Gasteiger partial charge in [-0.05, 0) is 75.2 Å². The SMILES string of the molecule is Cc1cc(C)c([Si]2(c3c(C)cc(C)cc3C)[C@@H]3C=C[C@H]2[C@H]2C(=O)C=CC(=O)[C@H]23)c(C)c1. The van der Waals surface area contributed by atoms with Crippen molar-refractivity contribution in [3.8, 4) is 0 Å². The van der Waals surface area contributed by atoms with E-state index in [0.29, 0.717) is 0 Å². The van der Waals surface area contributed by atoms with Crippen LogP contribution in [0.5, 0.6) is 0 Å². The average molecular weight is 427 g/mol. The minimum atomic E-state index is -2.51. The van der Waals surface area contributed by atoms with Crippen LogP contribution in [0.4, 0.5) is 0 Å². The molecule has 1 fully saturated rings. The molecule has 0 unspecified atom stereocenters. The molecule has 2 bridgehead atoms. The van der Waals surface area contributed by atoms with Gasteiger partial charge in [-0.2, -0.15) is 0 Å². The van der Waals surface area contributed by atoms with Crippen molar-refractivity contribution in [3.05, 3.63) is 82.0 Å². The molecule has 3 aliphatic rings. The van der Waals surface area contributed by atoms with Crippen LogP contribution >= 0.6 is 0 Å². The molecule has 2 nitrogen and oxygen atoms in total. The molecule has 2 aromatic carbocycles. The van der Waals surface area contributed by atoms with E-state index in [-0.39, 0.29) is 34.5 Å². The van der Waals surface area contributed by atoms with Crippen molar-refractivity contribution >= 4 is 30.0 Å². The Morgan fingerprint density at radius 1 is 0.581 bits per heavy atom. The molecule has 158 valence electrons. The predicted molar refractivity (Wildman–Crippen MR) is 129 cm³/mol. The topological polar surface area (TPSA) is 34.1 Å². The Morgan fingerprint density at radius 3 is 1.23 bits per heavy atom. The van der Waals surface area contributed by atoms with E-state index in [1.165, 1.54) is 43.8 Å². The molecular formula is C28H30O2Si. The number of fused-ring (bicyclic) bond motifs is 5. The molecule has 2 heterocycles. The highest BCUT2D eigenvalue weighted by Gasteiger charge is 2.68. The van der Waals surface area contributed by atoms with Gasteiger partial charge in [-0.3, -0.25) is 9.59 Å². The fourth-order valence-corrected chi connectivity index (χ4v) is 15.2. The molecule has 2 aromatic rings. The van der Waals surface area contributed by atoms with Crippen LogP contribution in [0.2, 0.25) is 11.1 Å². The number of ketones is 2. The van der Waals surface area contributed by atoms with Gasteiger partial charge >= 0.3 is 0 Å². The van der Waals surface area contributed by atoms with Gasteiger partial charge in [0.1, 0.15) is 8.07 Å². The zero-order chi connectivity index (χ0) is 22.2. The second-order valence-electron chi connectivity index (χ2n) is 10.0. The van der Waals surface area contributed by atoms with Crippen molar-refractivity contribution in [2.75, 3.05) is 0 Å². The summed E-state index contributed by atoms with van der Waals surface area (Å²) in [4.78, 5) is 26.3. The highest BCUT2D eigenvalue weighted by molar-refractivity contribution is 7.07. The Morgan fingerprint density at radius 2 is 0.903 bits per heavy atom. The molecule has 0 spiro atoms. The lowest BCUT2D eigenvalue weighted by atomic mass is 9.75. The maximum atomic E-state index is 13.2. The summed E-state index contributed by atoms with van der Waals surface area (Å²) in [6, 6.07) is 9.16. The zero-order valence-corrected chi connectivity index (χ0v) is 20.2. The highest BCUT2D eigenvalue weighted by Crippen LogP contribution is 2.62. The van der Waals surface area contributed by atoms with Crippen LogP contribution in [-0.4, -0.2) is 19.6 Å².